The number of aromatic nitrogens is 2. The van der Waals surface area contributed by atoms with E-state index in [0.717, 1.165) is 37.4 Å². The van der Waals surface area contributed by atoms with E-state index < -0.39 is 10.0 Å². The molecular weight excluding hydrogens is 392 g/mol. The van der Waals surface area contributed by atoms with Gasteiger partial charge < -0.3 is 9.80 Å². The lowest BCUT2D eigenvalue weighted by Crippen LogP contribution is -2.51. The van der Waals surface area contributed by atoms with Crippen molar-refractivity contribution in [1.82, 2.24) is 14.9 Å². The van der Waals surface area contributed by atoms with E-state index in [1.807, 2.05) is 6.92 Å². The highest BCUT2D eigenvalue weighted by molar-refractivity contribution is 7.89. The fourth-order valence-electron chi connectivity index (χ4n) is 3.99. The average molecular weight is 417 g/mol. The molecule has 2 aromatic rings. The summed E-state index contributed by atoms with van der Waals surface area (Å²) in [5, 5.41) is 5.23. The molecule has 2 aliphatic heterocycles. The predicted octanol–water partition coefficient (Wildman–Crippen LogP) is 0.224. The fraction of sp³-hybridized carbons (Fsp3) is 0.421. The Kier molecular flexibility index (Phi) is 5.24. The Balaban J connectivity index is 1.41. The maximum absolute atomic E-state index is 13.0. The van der Waals surface area contributed by atoms with Crippen LogP contribution in [0.3, 0.4) is 0 Å². The van der Waals surface area contributed by atoms with Crippen molar-refractivity contribution in [2.24, 2.45) is 5.14 Å². The van der Waals surface area contributed by atoms with E-state index in [-0.39, 0.29) is 16.8 Å². The van der Waals surface area contributed by atoms with Crippen LogP contribution in [0.2, 0.25) is 0 Å². The molecule has 1 unspecified atom stereocenters. The highest BCUT2D eigenvalue weighted by Gasteiger charge is 2.33. The number of nitrogens with two attached hydrogens (primary N) is 1. The molecule has 0 spiro atoms. The minimum atomic E-state index is -3.76. The lowest BCUT2D eigenvalue weighted by molar-refractivity contribution is -0.120. The molecule has 1 aromatic carbocycles. The molecule has 4 rings (SSSR count). The molecule has 0 saturated carbocycles. The first-order valence-electron chi connectivity index (χ1n) is 9.55. The number of rotatable bonds is 4. The summed E-state index contributed by atoms with van der Waals surface area (Å²) < 4.78 is 23.2. The molecule has 0 aliphatic carbocycles. The first kappa shape index (κ1) is 19.7. The van der Waals surface area contributed by atoms with Gasteiger partial charge in [0, 0.05) is 50.3 Å². The van der Waals surface area contributed by atoms with Crippen LogP contribution in [-0.2, 0) is 21.2 Å². The van der Waals surface area contributed by atoms with Crippen LogP contribution in [0.25, 0.3) is 0 Å². The van der Waals surface area contributed by atoms with Gasteiger partial charge in [0.15, 0.2) is 0 Å². The van der Waals surface area contributed by atoms with Gasteiger partial charge in [-0.05, 0) is 43.2 Å². The van der Waals surface area contributed by atoms with Crippen LogP contribution in [0.5, 0.6) is 0 Å². The molecule has 1 aromatic heterocycles. The Morgan fingerprint density at radius 2 is 1.86 bits per heavy atom. The second-order valence-electron chi connectivity index (χ2n) is 7.46. The highest BCUT2D eigenvalue weighted by atomic mass is 32.2. The third-order valence-corrected chi connectivity index (χ3v) is 6.34. The number of piperazine rings is 1. The first-order valence-corrected chi connectivity index (χ1v) is 11.1. The van der Waals surface area contributed by atoms with Crippen LogP contribution in [0.1, 0.15) is 12.5 Å². The van der Waals surface area contributed by atoms with E-state index in [1.54, 1.807) is 35.5 Å². The molecule has 2 aliphatic rings. The van der Waals surface area contributed by atoms with Gasteiger partial charge in [0.05, 0.1) is 11.4 Å². The molecule has 29 heavy (non-hydrogen) atoms. The van der Waals surface area contributed by atoms with Crippen molar-refractivity contribution < 1.29 is 13.2 Å². The Morgan fingerprint density at radius 1 is 1.17 bits per heavy atom. The van der Waals surface area contributed by atoms with Crippen LogP contribution < -0.4 is 14.9 Å². The van der Waals surface area contributed by atoms with Gasteiger partial charge in [0.25, 0.3) is 0 Å². The van der Waals surface area contributed by atoms with Crippen molar-refractivity contribution >= 4 is 27.6 Å². The normalized spacial score (nSPS) is 20.0. The summed E-state index contributed by atoms with van der Waals surface area (Å²) in [6, 6.07) is 6.49. The zero-order valence-electron chi connectivity index (χ0n) is 16.2. The van der Waals surface area contributed by atoms with Gasteiger partial charge in [0.2, 0.25) is 21.9 Å². The second-order valence-corrected chi connectivity index (χ2v) is 9.03. The van der Waals surface area contributed by atoms with Gasteiger partial charge >= 0.3 is 0 Å². The highest BCUT2D eigenvalue weighted by Crippen LogP contribution is 2.33. The molecule has 1 fully saturated rings. The zero-order valence-corrected chi connectivity index (χ0v) is 17.0. The van der Waals surface area contributed by atoms with Crippen LogP contribution in [0.15, 0.2) is 41.6 Å². The molecule has 1 saturated heterocycles. The fourth-order valence-corrected chi connectivity index (χ4v) is 4.56. The number of hydrogen-bond donors (Lipinski definition) is 1. The maximum atomic E-state index is 13.0. The van der Waals surface area contributed by atoms with Crippen molar-refractivity contribution in [1.29, 1.82) is 0 Å². The number of nitrogens with zero attached hydrogens (tertiary/aromatic N) is 5. The van der Waals surface area contributed by atoms with E-state index in [9.17, 15) is 13.2 Å². The number of benzene rings is 1. The number of carbonyl (C=O) groups is 1. The van der Waals surface area contributed by atoms with Gasteiger partial charge in [-0.15, -0.1) is 0 Å². The van der Waals surface area contributed by atoms with E-state index >= 15 is 0 Å². The quantitative estimate of drug-likeness (QED) is 0.759. The SMILES string of the molecule is CC1Cc2cc(S(N)(=O)=O)ccc2N1C(=O)CN1CCN(c2ncccn2)CC1. The molecule has 1 atom stereocenters. The minimum absolute atomic E-state index is 0.0176. The van der Waals surface area contributed by atoms with Crippen molar-refractivity contribution in [3.63, 3.8) is 0 Å². The third kappa shape index (κ3) is 4.09. The molecule has 0 bridgehead atoms. The number of sulfonamides is 1. The van der Waals surface area contributed by atoms with Crippen molar-refractivity contribution in [2.75, 3.05) is 42.5 Å². The number of primary sulfonamides is 1. The minimum Gasteiger partial charge on any atom is -0.338 e. The first-order chi connectivity index (χ1) is 13.8. The van der Waals surface area contributed by atoms with Gasteiger partial charge in [0.1, 0.15) is 0 Å². The Morgan fingerprint density at radius 3 is 2.52 bits per heavy atom. The van der Waals surface area contributed by atoms with Crippen LogP contribution in [-0.4, -0.2) is 68.0 Å². The zero-order chi connectivity index (χ0) is 20.6. The molecule has 0 radical (unpaired) electrons. The second kappa shape index (κ2) is 7.69. The number of anilines is 2. The topological polar surface area (TPSA) is 113 Å². The molecule has 3 heterocycles. The van der Waals surface area contributed by atoms with Crippen molar-refractivity contribution in [3.05, 3.63) is 42.2 Å². The number of carbonyl (C=O) groups excluding carboxylic acids is 1. The average Bonchev–Trinajstić information content (AvgIpc) is 3.03. The van der Waals surface area contributed by atoms with Gasteiger partial charge in [-0.1, -0.05) is 0 Å². The molecular formula is C19H24N6O3S. The number of fused-ring (bicyclic) bond motifs is 1. The third-order valence-electron chi connectivity index (χ3n) is 5.43. The molecule has 9 nitrogen and oxygen atoms in total. The predicted molar refractivity (Wildman–Crippen MR) is 109 cm³/mol. The summed E-state index contributed by atoms with van der Waals surface area (Å²) in [5.74, 6) is 0.732. The summed E-state index contributed by atoms with van der Waals surface area (Å²) >= 11 is 0. The maximum Gasteiger partial charge on any atom is 0.241 e. The van der Waals surface area contributed by atoms with Crippen LogP contribution >= 0.6 is 0 Å². The molecule has 2 N–H and O–H groups in total. The monoisotopic (exact) mass is 416 g/mol. The van der Waals surface area contributed by atoms with Gasteiger partial charge in [-0.25, -0.2) is 23.5 Å². The smallest absolute Gasteiger partial charge is 0.241 e. The Hall–Kier alpha value is -2.56. The summed E-state index contributed by atoms with van der Waals surface area (Å²) in [4.78, 5) is 27.7. The van der Waals surface area contributed by atoms with E-state index in [2.05, 4.69) is 19.8 Å². The van der Waals surface area contributed by atoms with Gasteiger partial charge in [-0.2, -0.15) is 0 Å². The van der Waals surface area contributed by atoms with Crippen molar-refractivity contribution in [2.45, 2.75) is 24.3 Å². The standard InChI is InChI=1S/C19H24N6O3S/c1-14-11-15-12-16(29(20,27)28)3-4-17(15)25(14)18(26)13-23-7-9-24(10-8-23)19-21-5-2-6-22-19/h2-6,12,14H,7-11,13H2,1H3,(H2,20,27,28). The summed E-state index contributed by atoms with van der Waals surface area (Å²) in [7, 11) is -3.76. The summed E-state index contributed by atoms with van der Waals surface area (Å²) in [6.07, 6.45) is 4.07. The Bertz CT molecular complexity index is 1010. The lowest BCUT2D eigenvalue weighted by atomic mass is 10.1. The lowest BCUT2D eigenvalue weighted by Gasteiger charge is -2.35. The number of amides is 1. The van der Waals surface area contributed by atoms with E-state index in [4.69, 9.17) is 5.14 Å². The van der Waals surface area contributed by atoms with Crippen molar-refractivity contribution in [3.8, 4) is 0 Å². The molecule has 10 heteroatoms. The van der Waals surface area contributed by atoms with Crippen LogP contribution in [0.4, 0.5) is 11.6 Å². The van der Waals surface area contributed by atoms with E-state index in [1.165, 1.54) is 6.07 Å². The van der Waals surface area contributed by atoms with E-state index in [0.29, 0.717) is 18.9 Å². The summed E-state index contributed by atoms with van der Waals surface area (Å²) in [5.41, 5.74) is 1.61. The largest absolute Gasteiger partial charge is 0.338 e. The van der Waals surface area contributed by atoms with Crippen LogP contribution in [0, 0.1) is 0 Å². The summed E-state index contributed by atoms with van der Waals surface area (Å²) in [6.45, 7) is 5.33. The molecule has 154 valence electrons. The molecule has 1 amide bonds. The Labute approximate surface area is 170 Å². The van der Waals surface area contributed by atoms with Gasteiger partial charge in [-0.3, -0.25) is 9.69 Å². The number of hydrogen-bond acceptors (Lipinski definition) is 7.